The lowest BCUT2D eigenvalue weighted by Crippen LogP contribution is -2.48. The Balaban J connectivity index is 2.13. The second-order valence-electron chi connectivity index (χ2n) is 4.71. The molecule has 2 heterocycles. The highest BCUT2D eigenvalue weighted by Crippen LogP contribution is 2.30. The number of carboxylic acid groups (broad SMARTS) is 1. The normalized spacial score (nSPS) is 24.6. The van der Waals surface area contributed by atoms with E-state index in [4.69, 9.17) is 4.42 Å². The molecule has 17 heavy (non-hydrogen) atoms. The smallest absolute Gasteiger partial charge is 0.311 e. The van der Waals surface area contributed by atoms with Crippen molar-refractivity contribution in [2.45, 2.75) is 19.8 Å². The Bertz CT molecular complexity index is 426. The highest BCUT2D eigenvalue weighted by Gasteiger charge is 2.39. The first kappa shape index (κ1) is 11.7. The number of carbonyl (C=O) groups is 2. The van der Waals surface area contributed by atoms with E-state index in [-0.39, 0.29) is 12.5 Å². The molecule has 1 amide bonds. The predicted molar refractivity (Wildman–Crippen MR) is 59.6 cm³/mol. The molecule has 0 aromatic carbocycles. The Morgan fingerprint density at radius 2 is 2.29 bits per heavy atom. The number of carbonyl (C=O) groups excluding carboxylic acids is 1. The molecule has 1 aromatic heterocycles. The van der Waals surface area contributed by atoms with E-state index in [0.717, 1.165) is 0 Å². The van der Waals surface area contributed by atoms with Gasteiger partial charge in [-0.05, 0) is 25.8 Å². The van der Waals surface area contributed by atoms with Gasteiger partial charge in [-0.15, -0.1) is 0 Å². The summed E-state index contributed by atoms with van der Waals surface area (Å²) in [6.07, 6.45) is 4.15. The molecule has 1 aliphatic heterocycles. The third-order valence-electron chi connectivity index (χ3n) is 3.27. The lowest BCUT2D eigenvalue weighted by molar-refractivity contribution is -0.150. The quantitative estimate of drug-likeness (QED) is 0.848. The van der Waals surface area contributed by atoms with Crippen molar-refractivity contribution in [1.29, 1.82) is 0 Å². The van der Waals surface area contributed by atoms with Crippen LogP contribution in [-0.2, 0) is 4.79 Å². The predicted octanol–water partition coefficient (Wildman–Crippen LogP) is 1.61. The fourth-order valence-electron chi connectivity index (χ4n) is 2.16. The summed E-state index contributed by atoms with van der Waals surface area (Å²) in [7, 11) is 0. The first-order valence-electron chi connectivity index (χ1n) is 5.58. The zero-order valence-corrected chi connectivity index (χ0v) is 9.68. The molecule has 5 nitrogen and oxygen atoms in total. The van der Waals surface area contributed by atoms with Gasteiger partial charge in [0.1, 0.15) is 6.26 Å². The molecule has 0 saturated carbocycles. The second kappa shape index (κ2) is 4.24. The van der Waals surface area contributed by atoms with Crippen molar-refractivity contribution < 1.29 is 19.1 Å². The van der Waals surface area contributed by atoms with E-state index < -0.39 is 11.4 Å². The highest BCUT2D eigenvalue weighted by molar-refractivity contribution is 5.94. The minimum absolute atomic E-state index is 0.161. The number of piperidine rings is 1. The molecule has 1 N–H and O–H groups in total. The lowest BCUT2D eigenvalue weighted by atomic mass is 9.82. The average Bonchev–Trinajstić information content (AvgIpc) is 2.81. The second-order valence-corrected chi connectivity index (χ2v) is 4.71. The van der Waals surface area contributed by atoms with Gasteiger partial charge < -0.3 is 14.4 Å². The molecule has 1 saturated heterocycles. The summed E-state index contributed by atoms with van der Waals surface area (Å²) in [6, 6.07) is 1.59. The van der Waals surface area contributed by atoms with Gasteiger partial charge in [-0.2, -0.15) is 0 Å². The third kappa shape index (κ3) is 2.18. The van der Waals surface area contributed by atoms with E-state index in [9.17, 15) is 14.7 Å². The maximum Gasteiger partial charge on any atom is 0.311 e. The maximum atomic E-state index is 12.0. The molecule has 1 fully saturated rings. The molecule has 1 atom stereocenters. The first-order chi connectivity index (χ1) is 8.03. The summed E-state index contributed by atoms with van der Waals surface area (Å²) < 4.78 is 4.86. The molecule has 0 spiro atoms. The molecular formula is C12H15NO4. The number of hydrogen-bond donors (Lipinski definition) is 1. The van der Waals surface area contributed by atoms with Gasteiger partial charge in [-0.1, -0.05) is 0 Å². The van der Waals surface area contributed by atoms with E-state index >= 15 is 0 Å². The standard InChI is InChI=1S/C12H15NO4/c1-12(11(15)16)4-2-5-13(8-12)10(14)9-3-6-17-7-9/h3,6-7H,2,4-5,8H2,1H3,(H,15,16). The van der Waals surface area contributed by atoms with Crippen LogP contribution in [0.5, 0.6) is 0 Å². The molecule has 1 aliphatic rings. The number of carboxylic acids is 1. The van der Waals surface area contributed by atoms with E-state index in [0.29, 0.717) is 24.9 Å². The number of aliphatic carboxylic acids is 1. The summed E-state index contributed by atoms with van der Waals surface area (Å²) in [5.41, 5.74) is -0.364. The van der Waals surface area contributed by atoms with Gasteiger partial charge in [0.15, 0.2) is 0 Å². The van der Waals surface area contributed by atoms with Crippen molar-refractivity contribution in [3.8, 4) is 0 Å². The summed E-state index contributed by atoms with van der Waals surface area (Å²) in [6.45, 7) is 2.55. The number of rotatable bonds is 2. The van der Waals surface area contributed by atoms with Gasteiger partial charge in [-0.3, -0.25) is 9.59 Å². The molecule has 0 bridgehead atoms. The van der Waals surface area contributed by atoms with Crippen LogP contribution < -0.4 is 0 Å². The van der Waals surface area contributed by atoms with Crippen LogP contribution in [0.2, 0.25) is 0 Å². The number of amides is 1. The Kier molecular flexibility index (Phi) is 2.92. The SMILES string of the molecule is CC1(C(=O)O)CCCN(C(=O)c2ccoc2)C1. The van der Waals surface area contributed by atoms with Crippen LogP contribution in [-0.4, -0.2) is 35.0 Å². The van der Waals surface area contributed by atoms with Gasteiger partial charge in [0.25, 0.3) is 5.91 Å². The molecule has 5 heteroatoms. The van der Waals surface area contributed by atoms with Crippen molar-refractivity contribution in [2.75, 3.05) is 13.1 Å². The maximum absolute atomic E-state index is 12.0. The highest BCUT2D eigenvalue weighted by atomic mass is 16.4. The van der Waals surface area contributed by atoms with E-state index in [1.807, 2.05) is 0 Å². The van der Waals surface area contributed by atoms with Gasteiger partial charge >= 0.3 is 5.97 Å². The summed E-state index contributed by atoms with van der Waals surface area (Å²) in [5, 5.41) is 9.17. The van der Waals surface area contributed by atoms with Crippen LogP contribution in [0.25, 0.3) is 0 Å². The molecule has 2 rings (SSSR count). The molecular weight excluding hydrogens is 222 g/mol. The van der Waals surface area contributed by atoms with Crippen LogP contribution in [0, 0.1) is 5.41 Å². The Morgan fingerprint density at radius 1 is 1.53 bits per heavy atom. The number of likely N-dealkylation sites (tertiary alicyclic amines) is 1. The van der Waals surface area contributed by atoms with Crippen molar-refractivity contribution in [2.24, 2.45) is 5.41 Å². The van der Waals surface area contributed by atoms with Gasteiger partial charge in [0.05, 0.1) is 17.2 Å². The zero-order chi connectivity index (χ0) is 12.5. The van der Waals surface area contributed by atoms with Gasteiger partial charge in [0, 0.05) is 13.1 Å². The molecule has 0 aliphatic carbocycles. The van der Waals surface area contributed by atoms with Crippen LogP contribution in [0.4, 0.5) is 0 Å². The number of furan rings is 1. The zero-order valence-electron chi connectivity index (χ0n) is 9.68. The van der Waals surface area contributed by atoms with Crippen LogP contribution in [0.1, 0.15) is 30.1 Å². The van der Waals surface area contributed by atoms with Gasteiger partial charge in [0.2, 0.25) is 0 Å². The fourth-order valence-corrected chi connectivity index (χ4v) is 2.16. The third-order valence-corrected chi connectivity index (χ3v) is 3.27. The Labute approximate surface area is 99.0 Å². The van der Waals surface area contributed by atoms with E-state index in [2.05, 4.69) is 0 Å². The largest absolute Gasteiger partial charge is 0.481 e. The van der Waals surface area contributed by atoms with Crippen molar-refractivity contribution in [1.82, 2.24) is 4.90 Å². The van der Waals surface area contributed by atoms with Crippen LogP contribution >= 0.6 is 0 Å². The van der Waals surface area contributed by atoms with E-state index in [1.165, 1.54) is 12.5 Å². The molecule has 1 aromatic rings. The average molecular weight is 237 g/mol. The summed E-state index contributed by atoms with van der Waals surface area (Å²) in [4.78, 5) is 24.8. The van der Waals surface area contributed by atoms with Crippen molar-refractivity contribution in [3.63, 3.8) is 0 Å². The minimum Gasteiger partial charge on any atom is -0.481 e. The minimum atomic E-state index is -0.845. The van der Waals surface area contributed by atoms with Crippen LogP contribution in [0.3, 0.4) is 0 Å². The van der Waals surface area contributed by atoms with E-state index in [1.54, 1.807) is 17.9 Å². The van der Waals surface area contributed by atoms with Crippen LogP contribution in [0.15, 0.2) is 23.0 Å². The Morgan fingerprint density at radius 3 is 2.88 bits per heavy atom. The number of nitrogens with zero attached hydrogens (tertiary/aromatic N) is 1. The summed E-state index contributed by atoms with van der Waals surface area (Å²) in [5.74, 6) is -1.01. The number of hydrogen-bond acceptors (Lipinski definition) is 3. The van der Waals surface area contributed by atoms with Crippen molar-refractivity contribution in [3.05, 3.63) is 24.2 Å². The Hall–Kier alpha value is -1.78. The topological polar surface area (TPSA) is 70.8 Å². The first-order valence-corrected chi connectivity index (χ1v) is 5.58. The monoisotopic (exact) mass is 237 g/mol. The lowest BCUT2D eigenvalue weighted by Gasteiger charge is -2.37. The van der Waals surface area contributed by atoms with Crippen molar-refractivity contribution >= 4 is 11.9 Å². The van der Waals surface area contributed by atoms with Gasteiger partial charge in [-0.25, -0.2) is 0 Å². The molecule has 0 radical (unpaired) electrons. The fraction of sp³-hybridized carbons (Fsp3) is 0.500. The summed E-state index contributed by atoms with van der Waals surface area (Å²) >= 11 is 0. The molecule has 1 unspecified atom stereocenters. The molecule has 92 valence electrons.